The van der Waals surface area contributed by atoms with Crippen molar-refractivity contribution in [3.63, 3.8) is 0 Å². The molecule has 0 fully saturated rings. The summed E-state index contributed by atoms with van der Waals surface area (Å²) in [5, 5.41) is 10.2. The van der Waals surface area contributed by atoms with Gasteiger partial charge in [-0.15, -0.1) is 10.2 Å². The Kier molecular flexibility index (Phi) is 4.69. The molecule has 0 spiro atoms. The fourth-order valence-electron chi connectivity index (χ4n) is 2.93. The third-order valence-electron chi connectivity index (χ3n) is 4.23. The minimum absolute atomic E-state index is 0.0934. The fraction of sp³-hybridized carbons (Fsp3) is 0.211. The van der Waals surface area contributed by atoms with Crippen molar-refractivity contribution in [2.45, 2.75) is 12.2 Å². The maximum Gasteiger partial charge on any atom is 0.258 e. The summed E-state index contributed by atoms with van der Waals surface area (Å²) in [6.45, 7) is -0.318. The normalized spacial score (nSPS) is 18.3. The standard InChI is InChI=1S/C19H17FN4O3/c20-16-9-27-17-7-2-1-6-15(17)19(16)23-18(25)10-26-14-5-3-4-13(8-14)24-11-21-22-12-24/h1-8,11-12,16,19H,9-10H2,(H,23,25). The number of carbonyl (C=O) groups excluding carboxylic acids is 1. The average Bonchev–Trinajstić information content (AvgIpc) is 3.24. The number of hydrogen-bond acceptors (Lipinski definition) is 5. The van der Waals surface area contributed by atoms with E-state index in [-0.39, 0.29) is 13.2 Å². The van der Waals surface area contributed by atoms with Gasteiger partial charge in [-0.2, -0.15) is 0 Å². The number of aromatic nitrogens is 3. The van der Waals surface area contributed by atoms with E-state index in [9.17, 15) is 9.18 Å². The highest BCUT2D eigenvalue weighted by atomic mass is 19.1. The maximum atomic E-state index is 14.3. The molecule has 8 heteroatoms. The van der Waals surface area contributed by atoms with Gasteiger partial charge in [-0.05, 0) is 18.2 Å². The topological polar surface area (TPSA) is 78.3 Å². The molecule has 0 radical (unpaired) electrons. The van der Waals surface area contributed by atoms with Crippen molar-refractivity contribution in [1.82, 2.24) is 20.1 Å². The van der Waals surface area contributed by atoms with Gasteiger partial charge in [0.1, 0.15) is 30.8 Å². The number of benzene rings is 2. The highest BCUT2D eigenvalue weighted by Gasteiger charge is 2.32. The lowest BCUT2D eigenvalue weighted by molar-refractivity contribution is -0.124. The van der Waals surface area contributed by atoms with Gasteiger partial charge in [0.2, 0.25) is 0 Å². The molecule has 2 heterocycles. The zero-order valence-electron chi connectivity index (χ0n) is 14.3. The molecule has 7 nitrogen and oxygen atoms in total. The van der Waals surface area contributed by atoms with Crippen LogP contribution < -0.4 is 14.8 Å². The second kappa shape index (κ2) is 7.45. The Morgan fingerprint density at radius 3 is 2.89 bits per heavy atom. The maximum absolute atomic E-state index is 14.3. The van der Waals surface area contributed by atoms with Gasteiger partial charge in [-0.1, -0.05) is 24.3 Å². The predicted molar refractivity (Wildman–Crippen MR) is 94.6 cm³/mol. The van der Waals surface area contributed by atoms with Gasteiger partial charge < -0.3 is 14.8 Å². The number of hydrogen-bond donors (Lipinski definition) is 1. The molecule has 1 aromatic heterocycles. The number of nitrogens with one attached hydrogen (secondary N) is 1. The lowest BCUT2D eigenvalue weighted by Crippen LogP contribution is -2.41. The van der Waals surface area contributed by atoms with Gasteiger partial charge in [0.05, 0.1) is 11.7 Å². The van der Waals surface area contributed by atoms with E-state index in [4.69, 9.17) is 9.47 Å². The summed E-state index contributed by atoms with van der Waals surface area (Å²) in [6, 6.07) is 13.5. The van der Waals surface area contributed by atoms with Gasteiger partial charge in [0, 0.05) is 11.6 Å². The van der Waals surface area contributed by atoms with Gasteiger partial charge in [-0.3, -0.25) is 9.36 Å². The van der Waals surface area contributed by atoms with E-state index in [0.29, 0.717) is 17.1 Å². The molecule has 0 saturated carbocycles. The number of nitrogens with zero attached hydrogens (tertiary/aromatic N) is 3. The van der Waals surface area contributed by atoms with Crippen LogP contribution >= 0.6 is 0 Å². The third-order valence-corrected chi connectivity index (χ3v) is 4.23. The first-order valence-corrected chi connectivity index (χ1v) is 8.44. The molecule has 1 N–H and O–H groups in total. The zero-order chi connectivity index (χ0) is 18.6. The van der Waals surface area contributed by atoms with Crippen LogP contribution in [0, 0.1) is 0 Å². The Hall–Kier alpha value is -3.42. The lowest BCUT2D eigenvalue weighted by atomic mass is 9.99. The molecule has 1 aliphatic rings. The number of carbonyl (C=O) groups is 1. The number of fused-ring (bicyclic) bond motifs is 1. The molecule has 1 amide bonds. The monoisotopic (exact) mass is 368 g/mol. The van der Waals surface area contributed by atoms with Crippen molar-refractivity contribution in [2.75, 3.05) is 13.2 Å². The third kappa shape index (κ3) is 3.74. The van der Waals surface area contributed by atoms with Crippen molar-refractivity contribution >= 4 is 5.91 Å². The highest BCUT2D eigenvalue weighted by Crippen LogP contribution is 2.33. The molecular weight excluding hydrogens is 351 g/mol. The number of para-hydroxylation sites is 1. The smallest absolute Gasteiger partial charge is 0.258 e. The summed E-state index contributed by atoms with van der Waals surface area (Å²) in [6.07, 6.45) is 1.81. The van der Waals surface area contributed by atoms with Crippen LogP contribution in [-0.4, -0.2) is 40.1 Å². The van der Waals surface area contributed by atoms with Gasteiger partial charge in [0.15, 0.2) is 12.8 Å². The minimum Gasteiger partial charge on any atom is -0.490 e. The Labute approximate surface area is 154 Å². The van der Waals surface area contributed by atoms with Crippen LogP contribution in [0.1, 0.15) is 11.6 Å². The van der Waals surface area contributed by atoms with Crippen molar-refractivity contribution in [3.8, 4) is 17.2 Å². The van der Waals surface area contributed by atoms with E-state index < -0.39 is 18.1 Å². The molecule has 1 aliphatic heterocycles. The first-order chi connectivity index (χ1) is 13.2. The second-order valence-corrected chi connectivity index (χ2v) is 6.07. The van der Waals surface area contributed by atoms with Crippen molar-refractivity contribution in [2.24, 2.45) is 0 Å². The van der Waals surface area contributed by atoms with E-state index in [0.717, 1.165) is 5.69 Å². The Morgan fingerprint density at radius 2 is 2.04 bits per heavy atom. The Morgan fingerprint density at radius 1 is 1.22 bits per heavy atom. The molecule has 0 aliphatic carbocycles. The quantitative estimate of drug-likeness (QED) is 0.747. The van der Waals surface area contributed by atoms with Crippen LogP contribution in [0.4, 0.5) is 4.39 Å². The summed E-state index contributed by atoms with van der Waals surface area (Å²) in [7, 11) is 0. The summed E-state index contributed by atoms with van der Waals surface area (Å²) in [5.41, 5.74) is 1.43. The number of amides is 1. The van der Waals surface area contributed by atoms with Crippen molar-refractivity contribution < 1.29 is 18.7 Å². The number of alkyl halides is 1. The van der Waals surface area contributed by atoms with Crippen LogP contribution in [-0.2, 0) is 4.79 Å². The number of halogens is 1. The van der Waals surface area contributed by atoms with E-state index >= 15 is 0 Å². The summed E-state index contributed by atoms with van der Waals surface area (Å²) in [4.78, 5) is 12.3. The molecule has 27 heavy (non-hydrogen) atoms. The molecule has 0 bridgehead atoms. The molecule has 2 atom stereocenters. The van der Waals surface area contributed by atoms with Crippen LogP contribution in [0.2, 0.25) is 0 Å². The number of rotatable bonds is 5. The van der Waals surface area contributed by atoms with E-state index in [2.05, 4.69) is 15.5 Å². The Balaban J connectivity index is 1.40. The van der Waals surface area contributed by atoms with Crippen molar-refractivity contribution in [3.05, 3.63) is 66.7 Å². The molecule has 2 aromatic carbocycles. The van der Waals surface area contributed by atoms with Crippen molar-refractivity contribution in [1.29, 1.82) is 0 Å². The molecule has 4 rings (SSSR count). The largest absolute Gasteiger partial charge is 0.490 e. The molecule has 2 unspecified atom stereocenters. The first-order valence-electron chi connectivity index (χ1n) is 8.44. The van der Waals surface area contributed by atoms with Crippen LogP contribution in [0.3, 0.4) is 0 Å². The molecule has 0 saturated heterocycles. The number of ether oxygens (including phenoxy) is 2. The van der Waals surface area contributed by atoms with Gasteiger partial charge >= 0.3 is 0 Å². The summed E-state index contributed by atoms with van der Waals surface area (Å²) < 4.78 is 26.9. The van der Waals surface area contributed by atoms with Crippen LogP contribution in [0.25, 0.3) is 5.69 Å². The Bertz CT molecular complexity index is 932. The predicted octanol–water partition coefficient (Wildman–Crippen LogP) is 2.23. The highest BCUT2D eigenvalue weighted by molar-refractivity contribution is 5.78. The van der Waals surface area contributed by atoms with Crippen LogP contribution in [0.15, 0.2) is 61.2 Å². The zero-order valence-corrected chi connectivity index (χ0v) is 14.3. The summed E-state index contributed by atoms with van der Waals surface area (Å²) >= 11 is 0. The first kappa shape index (κ1) is 17.0. The van der Waals surface area contributed by atoms with Gasteiger partial charge in [-0.25, -0.2) is 4.39 Å². The SMILES string of the molecule is O=C(COc1cccc(-n2cnnc2)c1)NC1c2ccccc2OCC1F. The van der Waals surface area contributed by atoms with Crippen LogP contribution in [0.5, 0.6) is 11.5 Å². The molecular formula is C19H17FN4O3. The molecule has 138 valence electrons. The second-order valence-electron chi connectivity index (χ2n) is 6.07. The minimum atomic E-state index is -1.32. The fourth-order valence-corrected chi connectivity index (χ4v) is 2.93. The lowest BCUT2D eigenvalue weighted by Gasteiger charge is -2.29. The van der Waals surface area contributed by atoms with E-state index in [1.165, 1.54) is 0 Å². The van der Waals surface area contributed by atoms with E-state index in [1.54, 1.807) is 53.6 Å². The van der Waals surface area contributed by atoms with Gasteiger partial charge in [0.25, 0.3) is 5.91 Å². The molecule has 3 aromatic rings. The van der Waals surface area contributed by atoms with E-state index in [1.807, 2.05) is 12.1 Å². The summed E-state index contributed by atoms with van der Waals surface area (Å²) in [5.74, 6) is 0.689. The average molecular weight is 368 g/mol.